The maximum Gasteiger partial charge on any atom is 0.449 e. The molecule has 0 bridgehead atoms. The number of fused-ring (bicyclic) bond motifs is 1. The van der Waals surface area contributed by atoms with Gasteiger partial charge in [0.2, 0.25) is 5.82 Å². The van der Waals surface area contributed by atoms with Gasteiger partial charge in [0.25, 0.3) is 5.91 Å². The van der Waals surface area contributed by atoms with E-state index in [0.29, 0.717) is 5.69 Å². The summed E-state index contributed by atoms with van der Waals surface area (Å²) < 4.78 is 45.8. The fourth-order valence-electron chi connectivity index (χ4n) is 3.06. The highest BCUT2D eigenvalue weighted by Gasteiger charge is 2.38. The van der Waals surface area contributed by atoms with E-state index in [0.717, 1.165) is 15.7 Å². The fraction of sp³-hybridized carbons (Fsp3) is 0.286. The molecule has 1 amide bonds. The van der Waals surface area contributed by atoms with Crippen LogP contribution in [0.5, 0.6) is 0 Å². The number of anilines is 1. The van der Waals surface area contributed by atoms with E-state index in [4.69, 9.17) is 4.74 Å². The van der Waals surface area contributed by atoms with Crippen LogP contribution in [0.2, 0.25) is 0 Å². The molecule has 1 aromatic heterocycles. The van der Waals surface area contributed by atoms with Crippen LogP contribution < -0.4 is 5.32 Å². The fourth-order valence-corrected chi connectivity index (χ4v) is 3.06. The molecule has 0 aliphatic carbocycles. The average Bonchev–Trinajstić information content (AvgIpc) is 3.03. The molecule has 9 heteroatoms. The van der Waals surface area contributed by atoms with Crippen LogP contribution in [0.15, 0.2) is 42.5 Å². The summed E-state index contributed by atoms with van der Waals surface area (Å²) in [6, 6.07) is 11.4. The molecule has 158 valence electrons. The van der Waals surface area contributed by atoms with Crippen molar-refractivity contribution in [2.45, 2.75) is 39.6 Å². The number of rotatable bonds is 5. The number of carbonyl (C=O) groups excluding carboxylic acids is 2. The van der Waals surface area contributed by atoms with Gasteiger partial charge in [0.15, 0.2) is 6.10 Å². The van der Waals surface area contributed by atoms with Crippen molar-refractivity contribution >= 4 is 28.6 Å². The Balaban J connectivity index is 1.73. The number of aryl methyl sites for hydroxylation is 2. The third kappa shape index (κ3) is 4.61. The quantitative estimate of drug-likeness (QED) is 0.628. The Morgan fingerprint density at radius 2 is 1.87 bits per heavy atom. The molecule has 1 N–H and O–H groups in total. The molecule has 0 aliphatic heterocycles. The molecule has 1 atom stereocenters. The zero-order valence-electron chi connectivity index (χ0n) is 16.6. The van der Waals surface area contributed by atoms with Crippen molar-refractivity contribution in [2.24, 2.45) is 0 Å². The molecule has 0 saturated carbocycles. The number of para-hydroxylation sites is 2. The van der Waals surface area contributed by atoms with Crippen LogP contribution in [0.25, 0.3) is 11.0 Å². The SMILES string of the molecule is Cc1ccc(NC(=O)C(C)OC(=O)Cn2c(C(F)(F)F)nc3ccccc32)c(C)c1. The molecule has 3 rings (SSSR count). The molecule has 6 nitrogen and oxygen atoms in total. The van der Waals surface area contributed by atoms with Crippen molar-refractivity contribution in [1.82, 2.24) is 9.55 Å². The number of hydrogen-bond donors (Lipinski definition) is 1. The predicted molar refractivity (Wildman–Crippen MR) is 105 cm³/mol. The smallest absolute Gasteiger partial charge is 0.449 e. The van der Waals surface area contributed by atoms with Crippen molar-refractivity contribution in [2.75, 3.05) is 5.32 Å². The van der Waals surface area contributed by atoms with Gasteiger partial charge in [-0.2, -0.15) is 13.2 Å². The third-order valence-electron chi connectivity index (χ3n) is 4.51. The number of aromatic nitrogens is 2. The molecule has 0 fully saturated rings. The molecular weight excluding hydrogens is 399 g/mol. The van der Waals surface area contributed by atoms with Gasteiger partial charge in [-0.15, -0.1) is 0 Å². The van der Waals surface area contributed by atoms with Gasteiger partial charge in [0.05, 0.1) is 11.0 Å². The highest BCUT2D eigenvalue weighted by Crippen LogP contribution is 2.31. The average molecular weight is 419 g/mol. The summed E-state index contributed by atoms with van der Waals surface area (Å²) in [7, 11) is 0. The normalized spacial score (nSPS) is 12.6. The minimum atomic E-state index is -4.74. The minimum Gasteiger partial charge on any atom is -0.451 e. The van der Waals surface area contributed by atoms with Crippen LogP contribution in [0.3, 0.4) is 0 Å². The number of hydrogen-bond acceptors (Lipinski definition) is 4. The lowest BCUT2D eigenvalue weighted by molar-refractivity contribution is -0.156. The highest BCUT2D eigenvalue weighted by molar-refractivity contribution is 5.95. The Morgan fingerprint density at radius 3 is 2.53 bits per heavy atom. The Hall–Kier alpha value is -3.36. The molecule has 1 unspecified atom stereocenters. The lowest BCUT2D eigenvalue weighted by atomic mass is 10.1. The van der Waals surface area contributed by atoms with Gasteiger partial charge < -0.3 is 14.6 Å². The molecule has 1 heterocycles. The molecule has 0 radical (unpaired) electrons. The second-order valence-electron chi connectivity index (χ2n) is 6.95. The van der Waals surface area contributed by atoms with Gasteiger partial charge >= 0.3 is 12.1 Å². The summed E-state index contributed by atoms with van der Waals surface area (Å²) in [5.74, 6) is -2.76. The first-order chi connectivity index (χ1) is 14.1. The van der Waals surface area contributed by atoms with Gasteiger partial charge in [0, 0.05) is 5.69 Å². The number of carbonyl (C=O) groups is 2. The number of benzene rings is 2. The molecule has 30 heavy (non-hydrogen) atoms. The number of nitrogens with zero attached hydrogens (tertiary/aromatic N) is 2. The first kappa shape index (κ1) is 21.4. The molecule has 2 aromatic carbocycles. The largest absolute Gasteiger partial charge is 0.451 e. The number of alkyl halides is 3. The van der Waals surface area contributed by atoms with E-state index < -0.39 is 36.5 Å². The maximum absolute atomic E-state index is 13.3. The van der Waals surface area contributed by atoms with E-state index >= 15 is 0 Å². The van der Waals surface area contributed by atoms with Gasteiger partial charge in [0.1, 0.15) is 6.54 Å². The standard InChI is InChI=1S/C21H20F3N3O3/c1-12-8-9-15(13(2)10-12)25-19(29)14(3)30-18(28)11-27-17-7-5-4-6-16(17)26-20(27)21(22,23)24/h4-10,14H,11H2,1-3H3,(H,25,29). The zero-order valence-corrected chi connectivity index (χ0v) is 16.6. The van der Waals surface area contributed by atoms with Gasteiger partial charge in [-0.1, -0.05) is 29.8 Å². The summed E-state index contributed by atoms with van der Waals surface area (Å²) in [6.45, 7) is 4.37. The van der Waals surface area contributed by atoms with Crippen molar-refractivity contribution in [3.63, 3.8) is 0 Å². The highest BCUT2D eigenvalue weighted by atomic mass is 19.4. The number of ether oxygens (including phenoxy) is 1. The predicted octanol–water partition coefficient (Wildman–Crippen LogP) is 4.24. The maximum atomic E-state index is 13.3. The van der Waals surface area contributed by atoms with Gasteiger partial charge in [-0.05, 0) is 44.5 Å². The number of halogens is 3. The van der Waals surface area contributed by atoms with E-state index in [2.05, 4.69) is 10.3 Å². The number of esters is 1. The monoisotopic (exact) mass is 419 g/mol. The third-order valence-corrected chi connectivity index (χ3v) is 4.51. The molecule has 0 saturated heterocycles. The second-order valence-corrected chi connectivity index (χ2v) is 6.95. The molecule has 0 aliphatic rings. The topological polar surface area (TPSA) is 73.2 Å². The summed E-state index contributed by atoms with van der Waals surface area (Å²) in [5.41, 5.74) is 2.68. The molecule has 0 spiro atoms. The minimum absolute atomic E-state index is 0.110. The summed E-state index contributed by atoms with van der Waals surface area (Å²) >= 11 is 0. The lowest BCUT2D eigenvalue weighted by Gasteiger charge is -2.16. The molecule has 3 aromatic rings. The van der Waals surface area contributed by atoms with Crippen molar-refractivity contribution in [1.29, 1.82) is 0 Å². The van der Waals surface area contributed by atoms with Crippen LogP contribution in [0, 0.1) is 13.8 Å². The van der Waals surface area contributed by atoms with E-state index in [-0.39, 0.29) is 11.0 Å². The Bertz CT molecular complexity index is 1110. The van der Waals surface area contributed by atoms with Crippen LogP contribution in [-0.4, -0.2) is 27.5 Å². The first-order valence-electron chi connectivity index (χ1n) is 9.16. The Morgan fingerprint density at radius 1 is 1.17 bits per heavy atom. The molecular formula is C21H20F3N3O3. The van der Waals surface area contributed by atoms with Crippen LogP contribution in [-0.2, 0) is 27.0 Å². The van der Waals surface area contributed by atoms with Crippen molar-refractivity contribution in [3.05, 3.63) is 59.4 Å². The summed E-state index contributed by atoms with van der Waals surface area (Å²) in [5, 5.41) is 2.65. The second kappa shape index (κ2) is 8.17. The summed E-state index contributed by atoms with van der Waals surface area (Å²) in [6.07, 6.45) is -5.94. The van der Waals surface area contributed by atoms with E-state index in [1.54, 1.807) is 18.2 Å². The van der Waals surface area contributed by atoms with Gasteiger partial charge in [-0.25, -0.2) is 4.98 Å². The Kier molecular flexibility index (Phi) is 5.82. The van der Waals surface area contributed by atoms with E-state index in [9.17, 15) is 22.8 Å². The summed E-state index contributed by atoms with van der Waals surface area (Å²) in [4.78, 5) is 28.2. The number of amides is 1. The van der Waals surface area contributed by atoms with E-state index in [1.165, 1.54) is 19.1 Å². The number of nitrogens with one attached hydrogen (secondary N) is 1. The van der Waals surface area contributed by atoms with Crippen LogP contribution >= 0.6 is 0 Å². The lowest BCUT2D eigenvalue weighted by Crippen LogP contribution is -2.32. The van der Waals surface area contributed by atoms with Crippen molar-refractivity contribution < 1.29 is 27.5 Å². The number of imidazole rings is 1. The first-order valence-corrected chi connectivity index (χ1v) is 9.16. The van der Waals surface area contributed by atoms with Crippen LogP contribution in [0.1, 0.15) is 23.9 Å². The van der Waals surface area contributed by atoms with E-state index in [1.807, 2.05) is 26.0 Å². The zero-order chi connectivity index (χ0) is 22.1. The van der Waals surface area contributed by atoms with Crippen molar-refractivity contribution in [3.8, 4) is 0 Å². The van der Waals surface area contributed by atoms with Gasteiger partial charge in [-0.3, -0.25) is 9.59 Å². The van der Waals surface area contributed by atoms with Crippen LogP contribution in [0.4, 0.5) is 18.9 Å². The Labute approximate surface area is 170 Å².